The molecule has 2 saturated heterocycles. The maximum atomic E-state index is 6.31. The van der Waals surface area contributed by atoms with Crippen molar-refractivity contribution >= 4 is 11.3 Å². The molecule has 0 bridgehead atoms. The van der Waals surface area contributed by atoms with Crippen molar-refractivity contribution in [3.63, 3.8) is 0 Å². The van der Waals surface area contributed by atoms with Crippen LogP contribution in [0.5, 0.6) is 0 Å². The van der Waals surface area contributed by atoms with Gasteiger partial charge in [-0.1, -0.05) is 6.07 Å². The lowest BCUT2D eigenvalue weighted by Crippen LogP contribution is -2.47. The van der Waals surface area contributed by atoms with Crippen LogP contribution in [0.4, 0.5) is 0 Å². The number of hydrogen-bond donors (Lipinski definition) is 0. The van der Waals surface area contributed by atoms with Crippen LogP contribution in [0.2, 0.25) is 0 Å². The Bertz CT molecular complexity index is 713. The maximum Gasteiger partial charge on any atom is 0.0798 e. The molecule has 0 aliphatic carbocycles. The Morgan fingerprint density at radius 2 is 2.26 bits per heavy atom. The number of ether oxygens (including phenoxy) is 2. The van der Waals surface area contributed by atoms with Gasteiger partial charge >= 0.3 is 0 Å². The number of pyridine rings is 1. The summed E-state index contributed by atoms with van der Waals surface area (Å²) in [5.74, 6) is 0.624. The summed E-state index contributed by atoms with van der Waals surface area (Å²) in [4.78, 5) is 12.5. The minimum Gasteiger partial charge on any atom is -0.377 e. The van der Waals surface area contributed by atoms with E-state index in [-0.39, 0.29) is 5.60 Å². The molecule has 0 amide bonds. The van der Waals surface area contributed by atoms with E-state index >= 15 is 0 Å². The fraction of sp³-hybridized carbons (Fsp3) is 0.619. The molecule has 1 spiro atoms. The van der Waals surface area contributed by atoms with Crippen LogP contribution in [-0.2, 0) is 22.6 Å². The second kappa shape index (κ2) is 8.78. The summed E-state index contributed by atoms with van der Waals surface area (Å²) < 4.78 is 12.2. The number of aryl methyl sites for hydroxylation is 1. The molecule has 2 aromatic heterocycles. The van der Waals surface area contributed by atoms with E-state index in [9.17, 15) is 0 Å². The molecule has 146 valence electrons. The van der Waals surface area contributed by atoms with E-state index < -0.39 is 0 Å². The number of hydrogen-bond acceptors (Lipinski definition) is 6. The molecule has 2 aliphatic rings. The predicted octanol–water partition coefficient (Wildman–Crippen LogP) is 3.82. The highest BCUT2D eigenvalue weighted by Gasteiger charge is 2.45. The largest absolute Gasteiger partial charge is 0.377 e. The lowest BCUT2D eigenvalue weighted by molar-refractivity contribution is -0.0732. The number of nitrogens with zero attached hydrogens (tertiary/aromatic N) is 3. The standard InChI is InChI=1S/C21H29N3O2S/c1-17-20(27-16-23-17)14-24-9-6-21(7-10-24)19(5-12-26-21)4-11-25-15-18-3-2-8-22-13-18/h2-3,8,13,16,19H,4-7,9-12,14-15H2,1H3. The molecule has 1 atom stereocenters. The van der Waals surface area contributed by atoms with Crippen molar-refractivity contribution in [3.05, 3.63) is 46.2 Å². The van der Waals surface area contributed by atoms with Gasteiger partial charge < -0.3 is 9.47 Å². The van der Waals surface area contributed by atoms with E-state index in [1.165, 1.54) is 17.0 Å². The van der Waals surface area contributed by atoms with Crippen molar-refractivity contribution in [1.29, 1.82) is 0 Å². The van der Waals surface area contributed by atoms with E-state index in [1.807, 2.05) is 17.8 Å². The maximum absolute atomic E-state index is 6.31. The van der Waals surface area contributed by atoms with Crippen molar-refractivity contribution in [2.24, 2.45) is 5.92 Å². The van der Waals surface area contributed by atoms with Crippen LogP contribution < -0.4 is 0 Å². The Kier molecular flexibility index (Phi) is 6.18. The molecule has 4 rings (SSSR count). The van der Waals surface area contributed by atoms with E-state index in [0.29, 0.717) is 12.5 Å². The lowest BCUT2D eigenvalue weighted by Gasteiger charge is -2.42. The third kappa shape index (κ3) is 4.57. The number of rotatable bonds is 7. The van der Waals surface area contributed by atoms with E-state index in [0.717, 1.165) is 57.7 Å². The van der Waals surface area contributed by atoms with Gasteiger partial charge in [-0.3, -0.25) is 9.88 Å². The zero-order valence-corrected chi connectivity index (χ0v) is 16.9. The van der Waals surface area contributed by atoms with Gasteiger partial charge in [0.1, 0.15) is 0 Å². The van der Waals surface area contributed by atoms with Gasteiger partial charge in [-0.2, -0.15) is 0 Å². The van der Waals surface area contributed by atoms with Crippen LogP contribution in [0.25, 0.3) is 0 Å². The zero-order chi connectivity index (χ0) is 18.5. The highest BCUT2D eigenvalue weighted by molar-refractivity contribution is 7.09. The molecule has 0 saturated carbocycles. The molecule has 2 aliphatic heterocycles. The van der Waals surface area contributed by atoms with Gasteiger partial charge in [-0.25, -0.2) is 4.98 Å². The molecule has 0 radical (unpaired) electrons. The average molecular weight is 388 g/mol. The summed E-state index contributed by atoms with van der Waals surface area (Å²) in [6.07, 6.45) is 8.21. The fourth-order valence-corrected chi connectivity index (χ4v) is 5.23. The second-order valence-electron chi connectivity index (χ2n) is 7.74. The highest BCUT2D eigenvalue weighted by atomic mass is 32.1. The number of thiazole rings is 1. The molecule has 5 nitrogen and oxygen atoms in total. The molecular weight excluding hydrogens is 358 g/mol. The van der Waals surface area contributed by atoms with Gasteiger partial charge in [0.15, 0.2) is 0 Å². The lowest BCUT2D eigenvalue weighted by atomic mass is 9.78. The van der Waals surface area contributed by atoms with Crippen LogP contribution in [-0.4, -0.2) is 46.8 Å². The van der Waals surface area contributed by atoms with Gasteiger partial charge in [-0.15, -0.1) is 11.3 Å². The van der Waals surface area contributed by atoms with Crippen LogP contribution in [0.15, 0.2) is 30.0 Å². The summed E-state index contributed by atoms with van der Waals surface area (Å²) >= 11 is 1.77. The van der Waals surface area contributed by atoms with Gasteiger partial charge in [-0.05, 0) is 50.2 Å². The second-order valence-corrected chi connectivity index (χ2v) is 8.68. The van der Waals surface area contributed by atoms with Crippen molar-refractivity contribution in [2.75, 3.05) is 26.3 Å². The van der Waals surface area contributed by atoms with Gasteiger partial charge in [0, 0.05) is 50.1 Å². The molecule has 4 heterocycles. The van der Waals surface area contributed by atoms with Crippen LogP contribution in [0.1, 0.15) is 41.8 Å². The minimum absolute atomic E-state index is 0.0803. The Morgan fingerprint density at radius 3 is 3.00 bits per heavy atom. The van der Waals surface area contributed by atoms with Gasteiger partial charge in [0.05, 0.1) is 23.4 Å². The summed E-state index contributed by atoms with van der Waals surface area (Å²) in [6, 6.07) is 4.02. The number of likely N-dealkylation sites (tertiary alicyclic amines) is 1. The summed E-state index contributed by atoms with van der Waals surface area (Å²) in [5, 5.41) is 0. The minimum atomic E-state index is 0.0803. The van der Waals surface area contributed by atoms with Gasteiger partial charge in [0.25, 0.3) is 0 Å². The average Bonchev–Trinajstić information content (AvgIpc) is 3.28. The molecular formula is C21H29N3O2S. The normalized spacial score (nSPS) is 22.5. The van der Waals surface area contributed by atoms with Crippen molar-refractivity contribution in [3.8, 4) is 0 Å². The highest BCUT2D eigenvalue weighted by Crippen LogP contribution is 2.42. The number of piperidine rings is 1. The topological polar surface area (TPSA) is 47.5 Å². The van der Waals surface area contributed by atoms with E-state index in [1.54, 1.807) is 17.5 Å². The smallest absolute Gasteiger partial charge is 0.0798 e. The van der Waals surface area contributed by atoms with Gasteiger partial charge in [0.2, 0.25) is 0 Å². The SMILES string of the molecule is Cc1ncsc1CN1CCC2(CC1)OCCC2CCOCc1cccnc1. The van der Waals surface area contributed by atoms with E-state index in [2.05, 4.69) is 27.9 Å². The zero-order valence-electron chi connectivity index (χ0n) is 16.1. The first-order chi connectivity index (χ1) is 13.3. The molecule has 0 N–H and O–H groups in total. The molecule has 2 aromatic rings. The first-order valence-corrected chi connectivity index (χ1v) is 10.8. The van der Waals surface area contributed by atoms with E-state index in [4.69, 9.17) is 9.47 Å². The molecule has 0 aromatic carbocycles. The quantitative estimate of drug-likeness (QED) is 0.676. The monoisotopic (exact) mass is 387 g/mol. The molecule has 27 heavy (non-hydrogen) atoms. The van der Waals surface area contributed by atoms with Crippen LogP contribution in [0.3, 0.4) is 0 Å². The Balaban J connectivity index is 1.24. The van der Waals surface area contributed by atoms with Crippen LogP contribution in [0, 0.1) is 12.8 Å². The third-order valence-electron chi connectivity index (χ3n) is 6.12. The molecule has 2 fully saturated rings. The first kappa shape index (κ1) is 19.0. The summed E-state index contributed by atoms with van der Waals surface area (Å²) in [7, 11) is 0. The predicted molar refractivity (Wildman–Crippen MR) is 107 cm³/mol. The van der Waals surface area contributed by atoms with Crippen molar-refractivity contribution in [2.45, 2.75) is 51.4 Å². The summed E-state index contributed by atoms with van der Waals surface area (Å²) in [5.41, 5.74) is 4.36. The van der Waals surface area contributed by atoms with Crippen molar-refractivity contribution < 1.29 is 9.47 Å². The Morgan fingerprint density at radius 1 is 1.37 bits per heavy atom. The Labute approximate surface area is 165 Å². The first-order valence-electron chi connectivity index (χ1n) is 9.97. The Hall–Kier alpha value is -1.34. The third-order valence-corrected chi connectivity index (χ3v) is 7.04. The van der Waals surface area contributed by atoms with Crippen molar-refractivity contribution in [1.82, 2.24) is 14.9 Å². The summed E-state index contributed by atoms with van der Waals surface area (Å²) in [6.45, 7) is 7.73. The van der Waals surface area contributed by atoms with Crippen LogP contribution >= 0.6 is 11.3 Å². The fourth-order valence-electron chi connectivity index (χ4n) is 4.42. The molecule has 1 unspecified atom stereocenters. The molecule has 6 heteroatoms. The number of aromatic nitrogens is 2.